The van der Waals surface area contributed by atoms with Crippen LogP contribution in [0.25, 0.3) is 11.5 Å². The van der Waals surface area contributed by atoms with Crippen molar-refractivity contribution in [2.45, 2.75) is 253 Å². The Hall–Kier alpha value is -0.549. The number of benzene rings is 2. The molecule has 0 radical (unpaired) electrons. The monoisotopic (exact) mass is 1100 g/mol. The average molecular weight is 1110 g/mol. The van der Waals surface area contributed by atoms with Crippen LogP contribution >= 0.6 is 0 Å². The van der Waals surface area contributed by atoms with Gasteiger partial charge in [-0.3, -0.25) is 0 Å². The van der Waals surface area contributed by atoms with E-state index in [0.717, 1.165) is 24.3 Å². The molecule has 67 heavy (non-hydrogen) atoms. The summed E-state index contributed by atoms with van der Waals surface area (Å²) >= 11 is -1.45. The molecule has 1 heterocycles. The third kappa shape index (κ3) is 10.2. The van der Waals surface area contributed by atoms with Crippen LogP contribution in [-0.4, -0.2) is 33.3 Å². The molecule has 2 unspecified atom stereocenters. The van der Waals surface area contributed by atoms with Crippen molar-refractivity contribution in [2.24, 2.45) is 0 Å². The minimum absolute atomic E-state index is 0. The number of halogens is 2. The summed E-state index contributed by atoms with van der Waals surface area (Å²) < 4.78 is 32.6. The van der Waals surface area contributed by atoms with Gasteiger partial charge in [0.1, 0.15) is 0 Å². The molecule has 1 aliphatic heterocycles. The largest absolute Gasteiger partial charge is 1.00 e. The number of fused-ring (bicyclic) bond motifs is 6. The normalized spacial score (nSPS) is 17.8. The predicted molar refractivity (Wildman–Crippen MR) is 289 cm³/mol. The zero-order valence-corrected chi connectivity index (χ0v) is 54.8. The van der Waals surface area contributed by atoms with Gasteiger partial charge in [-0.15, -0.1) is 0 Å². The predicted octanol–water partition coefficient (Wildman–Crippen LogP) is 13.3. The molecular formula is C56H96Cl2O4Si4Zr. The molecule has 0 amide bonds. The van der Waals surface area contributed by atoms with Gasteiger partial charge in [0, 0.05) is 0 Å². The number of rotatable bonds is 20. The SMILES string of the molecule is CC(C)[Si](OC1=C2CCC3=C(O[Si](C(C)C)(C(C)C)C(C)C)c4cccc(O[Si](C(C)C)(C(C)C)C(C)C)c4[CH]3[Zr+2][CH]2c2c(O[Si](C(C)C)(C(C)C)C(C)C)cccc21)(C(C)C)C(C)C.[Cl-].[Cl-]. The maximum atomic E-state index is 8.07. The van der Waals surface area contributed by atoms with Gasteiger partial charge in [0.05, 0.1) is 0 Å². The van der Waals surface area contributed by atoms with Gasteiger partial charge in [-0.2, -0.15) is 0 Å². The summed E-state index contributed by atoms with van der Waals surface area (Å²) in [5, 5.41) is 0. The van der Waals surface area contributed by atoms with Crippen LogP contribution in [0, 0.1) is 0 Å². The first-order valence-electron chi connectivity index (χ1n) is 26.4. The Morgan fingerprint density at radius 3 is 0.806 bits per heavy atom. The summed E-state index contributed by atoms with van der Waals surface area (Å²) in [5.41, 5.74) is 14.5. The van der Waals surface area contributed by atoms with E-state index in [9.17, 15) is 0 Å². The molecule has 2 atom stereocenters. The minimum atomic E-state index is -2.33. The van der Waals surface area contributed by atoms with Crippen molar-refractivity contribution in [1.29, 1.82) is 0 Å². The van der Waals surface area contributed by atoms with Crippen LogP contribution in [0.15, 0.2) is 47.5 Å². The molecule has 2 aromatic rings. The Balaban J connectivity index is 0.00000595. The molecule has 4 nitrogen and oxygen atoms in total. The standard InChI is InChI=1S/C56H96O4Si4.2ClH.Zr/c1-35(2)61(36(3)4,37(5)6)57-53-29-25-27-49-51(53)33-47(55(49)59-63(41(13)14,42(15)16)43(17)18)31-32-48-34-52-50(56(48)60-64(44(19)20,45(21)22)46(23)24)28-26-30-54(52)58-62(38(7)8,39(9)10)40(11)12;;;/h25-30,33-46H,31-32H2,1-24H3;2*1H;/q;;;+2/p-2. The van der Waals surface area contributed by atoms with Gasteiger partial charge in [-0.05, 0) is 0 Å². The van der Waals surface area contributed by atoms with Crippen molar-refractivity contribution in [3.05, 3.63) is 69.8 Å². The van der Waals surface area contributed by atoms with E-state index in [1.54, 1.807) is 11.1 Å². The zero-order valence-electron chi connectivity index (χ0n) is 46.9. The Morgan fingerprint density at radius 2 is 0.582 bits per heavy atom. The summed E-state index contributed by atoms with van der Waals surface area (Å²) in [7, 11) is -9.25. The molecular weight excluding hydrogens is 1010 g/mol. The molecule has 11 heteroatoms. The minimum Gasteiger partial charge on any atom is -1.00 e. The summed E-state index contributed by atoms with van der Waals surface area (Å²) in [6.45, 7) is 58.6. The van der Waals surface area contributed by atoms with Gasteiger partial charge in [0.2, 0.25) is 0 Å². The Bertz CT molecular complexity index is 1820. The molecule has 0 spiro atoms. The van der Waals surface area contributed by atoms with Crippen molar-refractivity contribution in [1.82, 2.24) is 0 Å². The van der Waals surface area contributed by atoms with Gasteiger partial charge in [-0.25, -0.2) is 0 Å². The van der Waals surface area contributed by atoms with E-state index in [-0.39, 0.29) is 24.8 Å². The molecule has 3 aliphatic rings. The fourth-order valence-corrected chi connectivity index (χ4v) is 41.5. The quantitative estimate of drug-likeness (QED) is 0.124. The Labute approximate surface area is 441 Å². The fraction of sp³-hybridized carbons (Fsp3) is 0.714. The average Bonchev–Trinajstić information content (AvgIpc) is 3.56. The van der Waals surface area contributed by atoms with Crippen molar-refractivity contribution in [3.63, 3.8) is 0 Å². The van der Waals surface area contributed by atoms with Gasteiger partial charge < -0.3 is 24.8 Å². The zero-order chi connectivity index (χ0) is 49.0. The van der Waals surface area contributed by atoms with E-state index in [1.807, 2.05) is 0 Å². The van der Waals surface area contributed by atoms with E-state index < -0.39 is 56.5 Å². The Kier molecular flexibility index (Phi) is 21.0. The molecule has 5 rings (SSSR count). The van der Waals surface area contributed by atoms with E-state index >= 15 is 0 Å². The molecule has 378 valence electrons. The summed E-state index contributed by atoms with van der Waals surface area (Å²) in [4.78, 5) is 0. The van der Waals surface area contributed by atoms with Crippen LogP contribution in [0.4, 0.5) is 0 Å². The second-order valence-corrected chi connectivity index (χ2v) is 49.5. The molecule has 0 N–H and O–H groups in total. The summed E-state index contributed by atoms with van der Waals surface area (Å²) in [5.74, 6) is 4.78. The van der Waals surface area contributed by atoms with Crippen molar-refractivity contribution in [2.75, 3.05) is 0 Å². The van der Waals surface area contributed by atoms with Crippen LogP contribution in [0.2, 0.25) is 66.5 Å². The van der Waals surface area contributed by atoms with Crippen LogP contribution in [0.5, 0.6) is 11.5 Å². The smallest absolute Gasteiger partial charge is 1.00 e. The van der Waals surface area contributed by atoms with E-state index in [1.165, 1.54) is 33.8 Å². The van der Waals surface area contributed by atoms with Gasteiger partial charge >= 0.3 is 420 Å². The van der Waals surface area contributed by atoms with Crippen molar-refractivity contribution in [3.8, 4) is 11.5 Å². The Morgan fingerprint density at radius 1 is 0.358 bits per heavy atom. The van der Waals surface area contributed by atoms with Crippen LogP contribution in [0.1, 0.15) is 209 Å². The molecule has 1 saturated heterocycles. The first kappa shape index (κ1) is 60.8. The van der Waals surface area contributed by atoms with Crippen LogP contribution in [0.3, 0.4) is 0 Å². The third-order valence-electron chi connectivity index (χ3n) is 17.4. The third-order valence-corrected chi connectivity index (χ3v) is 46.1. The first-order chi connectivity index (χ1) is 30.1. The summed E-state index contributed by atoms with van der Waals surface area (Å²) in [6, 6.07) is 14.2. The fourth-order valence-electron chi connectivity index (χ4n) is 14.9. The van der Waals surface area contributed by atoms with Crippen LogP contribution in [-0.2, 0) is 32.1 Å². The number of allylic oxidation sites excluding steroid dienone is 2. The molecule has 0 bridgehead atoms. The maximum Gasteiger partial charge on any atom is -1.00 e. The molecule has 0 saturated carbocycles. The van der Waals surface area contributed by atoms with Crippen molar-refractivity contribution >= 4 is 44.8 Å². The second kappa shape index (κ2) is 23.1. The second-order valence-electron chi connectivity index (χ2n) is 24.4. The van der Waals surface area contributed by atoms with Crippen molar-refractivity contribution < 1.29 is 65.8 Å². The topological polar surface area (TPSA) is 36.9 Å². The van der Waals surface area contributed by atoms with E-state index in [2.05, 4.69) is 203 Å². The van der Waals surface area contributed by atoms with Gasteiger partial charge in [-0.1, -0.05) is 0 Å². The summed E-state index contributed by atoms with van der Waals surface area (Å²) in [6.07, 6.45) is 2.00. The molecule has 2 aliphatic carbocycles. The first-order valence-corrected chi connectivity index (χ1v) is 37.8. The number of hydrogen-bond acceptors (Lipinski definition) is 4. The van der Waals surface area contributed by atoms with E-state index in [4.69, 9.17) is 17.7 Å². The van der Waals surface area contributed by atoms with E-state index in [0.29, 0.717) is 73.7 Å². The molecule has 0 aromatic heterocycles. The molecule has 1 fully saturated rings. The van der Waals surface area contributed by atoms with Crippen LogP contribution < -0.4 is 33.7 Å². The molecule has 2 aromatic carbocycles. The van der Waals surface area contributed by atoms with Gasteiger partial charge in [0.15, 0.2) is 0 Å². The number of hydrogen-bond donors (Lipinski definition) is 0. The maximum absolute atomic E-state index is 8.07. The van der Waals surface area contributed by atoms with Gasteiger partial charge in [0.25, 0.3) is 0 Å².